The number of methoxy groups -OCH3 is 1. The molecule has 0 spiro atoms. The SMILES string of the molecule is COCc1cnc2c(O)cccc2c1. The van der Waals surface area contributed by atoms with Crippen LogP contribution in [0.4, 0.5) is 0 Å². The zero-order valence-electron chi connectivity index (χ0n) is 7.90. The van der Waals surface area contributed by atoms with Gasteiger partial charge in [0.15, 0.2) is 0 Å². The number of ether oxygens (including phenoxy) is 1. The van der Waals surface area contributed by atoms with Crippen LogP contribution in [0.3, 0.4) is 0 Å². The lowest BCUT2D eigenvalue weighted by molar-refractivity contribution is 0.184. The molecule has 72 valence electrons. The Kier molecular flexibility index (Phi) is 2.33. The van der Waals surface area contributed by atoms with E-state index in [1.54, 1.807) is 25.4 Å². The average molecular weight is 189 g/mol. The summed E-state index contributed by atoms with van der Waals surface area (Å²) in [5.74, 6) is 0.214. The van der Waals surface area contributed by atoms with Crippen molar-refractivity contribution in [1.82, 2.24) is 4.98 Å². The third-order valence-electron chi connectivity index (χ3n) is 2.06. The van der Waals surface area contributed by atoms with Crippen molar-refractivity contribution < 1.29 is 9.84 Å². The summed E-state index contributed by atoms with van der Waals surface area (Å²) in [6.07, 6.45) is 1.71. The monoisotopic (exact) mass is 189 g/mol. The van der Waals surface area contributed by atoms with E-state index < -0.39 is 0 Å². The maximum absolute atomic E-state index is 9.50. The van der Waals surface area contributed by atoms with E-state index in [4.69, 9.17) is 4.74 Å². The Morgan fingerprint density at radius 1 is 1.43 bits per heavy atom. The van der Waals surface area contributed by atoms with E-state index in [0.717, 1.165) is 10.9 Å². The fourth-order valence-corrected chi connectivity index (χ4v) is 1.44. The van der Waals surface area contributed by atoms with Gasteiger partial charge >= 0.3 is 0 Å². The molecule has 3 heteroatoms. The van der Waals surface area contributed by atoms with Crippen molar-refractivity contribution in [1.29, 1.82) is 0 Å². The third-order valence-corrected chi connectivity index (χ3v) is 2.06. The number of aromatic hydroxyl groups is 1. The highest BCUT2D eigenvalue weighted by molar-refractivity contribution is 5.84. The van der Waals surface area contributed by atoms with Gasteiger partial charge in [0.1, 0.15) is 11.3 Å². The normalized spacial score (nSPS) is 10.6. The van der Waals surface area contributed by atoms with Gasteiger partial charge in [0, 0.05) is 18.7 Å². The first-order valence-electron chi connectivity index (χ1n) is 4.37. The molecular weight excluding hydrogens is 178 g/mol. The number of hydrogen-bond acceptors (Lipinski definition) is 3. The van der Waals surface area contributed by atoms with Gasteiger partial charge in [-0.05, 0) is 17.7 Å². The van der Waals surface area contributed by atoms with Crippen LogP contribution in [0.15, 0.2) is 30.5 Å². The Balaban J connectivity index is 2.56. The summed E-state index contributed by atoms with van der Waals surface area (Å²) in [5, 5.41) is 10.4. The van der Waals surface area contributed by atoms with E-state index in [1.807, 2.05) is 12.1 Å². The second kappa shape index (κ2) is 3.64. The van der Waals surface area contributed by atoms with Gasteiger partial charge in [-0.1, -0.05) is 12.1 Å². The Morgan fingerprint density at radius 3 is 3.07 bits per heavy atom. The van der Waals surface area contributed by atoms with Crippen LogP contribution >= 0.6 is 0 Å². The molecular formula is C11H11NO2. The Bertz CT molecular complexity index is 454. The zero-order valence-corrected chi connectivity index (χ0v) is 7.90. The summed E-state index contributed by atoms with van der Waals surface area (Å²) in [6.45, 7) is 0.540. The van der Waals surface area contributed by atoms with Gasteiger partial charge in [0.25, 0.3) is 0 Å². The van der Waals surface area contributed by atoms with Crippen LogP contribution in [0.2, 0.25) is 0 Å². The largest absolute Gasteiger partial charge is 0.506 e. The van der Waals surface area contributed by atoms with E-state index in [2.05, 4.69) is 4.98 Å². The number of benzene rings is 1. The highest BCUT2D eigenvalue weighted by Gasteiger charge is 2.01. The maximum atomic E-state index is 9.50. The minimum absolute atomic E-state index is 0.214. The molecule has 0 amide bonds. The van der Waals surface area contributed by atoms with Gasteiger partial charge in [-0.2, -0.15) is 0 Å². The van der Waals surface area contributed by atoms with Crippen LogP contribution in [-0.2, 0) is 11.3 Å². The first-order valence-corrected chi connectivity index (χ1v) is 4.37. The van der Waals surface area contributed by atoms with Crippen molar-refractivity contribution in [2.24, 2.45) is 0 Å². The van der Waals surface area contributed by atoms with Crippen molar-refractivity contribution in [2.75, 3.05) is 7.11 Å². The lowest BCUT2D eigenvalue weighted by Crippen LogP contribution is -1.89. The van der Waals surface area contributed by atoms with Gasteiger partial charge in [0.05, 0.1) is 6.61 Å². The summed E-state index contributed by atoms with van der Waals surface area (Å²) in [6, 6.07) is 7.31. The maximum Gasteiger partial charge on any atom is 0.141 e. The van der Waals surface area contributed by atoms with Crippen molar-refractivity contribution in [3.05, 3.63) is 36.0 Å². The number of hydrogen-bond donors (Lipinski definition) is 1. The molecule has 0 saturated heterocycles. The second-order valence-electron chi connectivity index (χ2n) is 3.13. The lowest BCUT2D eigenvalue weighted by Gasteiger charge is -2.02. The van der Waals surface area contributed by atoms with E-state index in [1.165, 1.54) is 0 Å². The standard InChI is InChI=1S/C11H11NO2/c1-14-7-8-5-9-3-2-4-10(13)11(9)12-6-8/h2-6,13H,7H2,1H3. The van der Waals surface area contributed by atoms with Crippen LogP contribution in [0.25, 0.3) is 10.9 Å². The molecule has 0 unspecified atom stereocenters. The number of phenols is 1. The summed E-state index contributed by atoms with van der Waals surface area (Å²) in [5.41, 5.74) is 1.64. The van der Waals surface area contributed by atoms with Gasteiger partial charge < -0.3 is 9.84 Å². The number of pyridine rings is 1. The quantitative estimate of drug-likeness (QED) is 0.786. The van der Waals surface area contributed by atoms with Gasteiger partial charge in [0.2, 0.25) is 0 Å². The Hall–Kier alpha value is -1.61. The first kappa shape index (κ1) is 8.97. The molecule has 1 aromatic heterocycles. The molecule has 0 saturated carbocycles. The molecule has 0 atom stereocenters. The van der Waals surface area contributed by atoms with Crippen molar-refractivity contribution in [3.8, 4) is 5.75 Å². The van der Waals surface area contributed by atoms with Crippen LogP contribution in [0.5, 0.6) is 5.75 Å². The zero-order chi connectivity index (χ0) is 9.97. The van der Waals surface area contributed by atoms with E-state index in [0.29, 0.717) is 12.1 Å². The molecule has 0 aliphatic rings. The summed E-state index contributed by atoms with van der Waals surface area (Å²) < 4.78 is 5.00. The number of rotatable bonds is 2. The van der Waals surface area contributed by atoms with E-state index >= 15 is 0 Å². The number of para-hydroxylation sites is 1. The third kappa shape index (κ3) is 1.54. The summed E-state index contributed by atoms with van der Waals surface area (Å²) in [7, 11) is 1.65. The molecule has 0 bridgehead atoms. The number of nitrogens with zero attached hydrogens (tertiary/aromatic N) is 1. The van der Waals surface area contributed by atoms with Gasteiger partial charge in [-0.15, -0.1) is 0 Å². The van der Waals surface area contributed by atoms with Gasteiger partial charge in [-0.25, -0.2) is 0 Å². The molecule has 3 nitrogen and oxygen atoms in total. The van der Waals surface area contributed by atoms with Crippen LogP contribution in [0.1, 0.15) is 5.56 Å². The second-order valence-corrected chi connectivity index (χ2v) is 3.13. The lowest BCUT2D eigenvalue weighted by atomic mass is 10.1. The molecule has 0 aliphatic carbocycles. The molecule has 1 N–H and O–H groups in total. The molecule has 0 radical (unpaired) electrons. The molecule has 0 fully saturated rings. The van der Waals surface area contributed by atoms with Crippen molar-refractivity contribution >= 4 is 10.9 Å². The minimum atomic E-state index is 0.214. The molecule has 2 aromatic rings. The van der Waals surface area contributed by atoms with Crippen LogP contribution in [0, 0.1) is 0 Å². The van der Waals surface area contributed by atoms with Crippen LogP contribution in [-0.4, -0.2) is 17.2 Å². The minimum Gasteiger partial charge on any atom is -0.506 e. The smallest absolute Gasteiger partial charge is 0.141 e. The van der Waals surface area contributed by atoms with E-state index in [-0.39, 0.29) is 5.75 Å². The average Bonchev–Trinajstić information content (AvgIpc) is 2.18. The molecule has 0 aliphatic heterocycles. The van der Waals surface area contributed by atoms with Crippen molar-refractivity contribution in [2.45, 2.75) is 6.61 Å². The number of fused-ring (bicyclic) bond motifs is 1. The molecule has 1 aromatic carbocycles. The first-order chi connectivity index (χ1) is 6.81. The highest BCUT2D eigenvalue weighted by Crippen LogP contribution is 2.22. The fourth-order valence-electron chi connectivity index (χ4n) is 1.44. The van der Waals surface area contributed by atoms with Gasteiger partial charge in [-0.3, -0.25) is 4.98 Å². The predicted octanol–water partition coefficient (Wildman–Crippen LogP) is 2.09. The number of aromatic nitrogens is 1. The highest BCUT2D eigenvalue weighted by atomic mass is 16.5. The summed E-state index contributed by atoms with van der Waals surface area (Å²) in [4.78, 5) is 4.17. The fraction of sp³-hybridized carbons (Fsp3) is 0.182. The Morgan fingerprint density at radius 2 is 2.29 bits per heavy atom. The van der Waals surface area contributed by atoms with E-state index in [9.17, 15) is 5.11 Å². The molecule has 1 heterocycles. The molecule has 2 rings (SSSR count). The van der Waals surface area contributed by atoms with Crippen molar-refractivity contribution in [3.63, 3.8) is 0 Å². The summed E-state index contributed by atoms with van der Waals surface area (Å²) >= 11 is 0. The van der Waals surface area contributed by atoms with Crippen LogP contribution < -0.4 is 0 Å². The Labute approximate surface area is 82.0 Å². The molecule has 14 heavy (non-hydrogen) atoms. The number of phenolic OH excluding ortho intramolecular Hbond substituents is 1. The predicted molar refractivity (Wildman–Crippen MR) is 54.1 cm³/mol. The topological polar surface area (TPSA) is 42.4 Å².